The van der Waals surface area contributed by atoms with Gasteiger partial charge in [-0.3, -0.25) is 10.1 Å². The molecule has 2 aromatic rings. The molecule has 0 bridgehead atoms. The molecule has 0 aliphatic rings. The van der Waals surface area contributed by atoms with Crippen molar-refractivity contribution in [2.45, 2.75) is 19.4 Å². The van der Waals surface area contributed by atoms with Gasteiger partial charge in [-0.15, -0.1) is 0 Å². The van der Waals surface area contributed by atoms with E-state index in [1.807, 2.05) is 37.3 Å². The maximum atomic E-state index is 10.7. The minimum atomic E-state index is -0.372. The lowest BCUT2D eigenvalue weighted by molar-refractivity contribution is -0.384. The first kappa shape index (κ1) is 13.2. The Labute approximate surface area is 112 Å². The van der Waals surface area contributed by atoms with Crippen molar-refractivity contribution in [1.29, 1.82) is 0 Å². The zero-order chi connectivity index (χ0) is 13.8. The highest BCUT2D eigenvalue weighted by molar-refractivity contribution is 5.37. The van der Waals surface area contributed by atoms with Crippen molar-refractivity contribution in [1.82, 2.24) is 0 Å². The highest BCUT2D eigenvalue weighted by atomic mass is 16.6. The molecule has 2 N–H and O–H groups in total. The Morgan fingerprint density at radius 1 is 1.16 bits per heavy atom. The molecule has 0 amide bonds. The molecule has 2 aromatic carbocycles. The normalized spacial score (nSPS) is 12.1. The van der Waals surface area contributed by atoms with Gasteiger partial charge >= 0.3 is 0 Å². The third-order valence-corrected chi connectivity index (χ3v) is 3.04. The lowest BCUT2D eigenvalue weighted by Crippen LogP contribution is -2.04. The number of benzene rings is 2. The molecule has 0 unspecified atom stereocenters. The number of hydrogen-bond donors (Lipinski definition) is 1. The van der Waals surface area contributed by atoms with Crippen LogP contribution in [0.2, 0.25) is 0 Å². The summed E-state index contributed by atoms with van der Waals surface area (Å²) in [5.41, 5.74) is 9.06. The summed E-state index contributed by atoms with van der Waals surface area (Å²) in [7, 11) is 0. The van der Waals surface area contributed by atoms with E-state index >= 15 is 0 Å². The first-order valence-corrected chi connectivity index (χ1v) is 6.14. The van der Waals surface area contributed by atoms with Crippen molar-refractivity contribution in [2.24, 2.45) is 5.73 Å². The van der Waals surface area contributed by atoms with Gasteiger partial charge in [-0.1, -0.05) is 36.4 Å². The molecule has 0 heterocycles. The maximum absolute atomic E-state index is 10.7. The number of nitro groups is 1. The second-order valence-corrected chi connectivity index (χ2v) is 4.63. The molecule has 0 aliphatic heterocycles. The van der Waals surface area contributed by atoms with Gasteiger partial charge in [-0.2, -0.15) is 0 Å². The topological polar surface area (TPSA) is 69.2 Å². The molecule has 0 aliphatic carbocycles. The van der Waals surface area contributed by atoms with Crippen LogP contribution in [0.1, 0.15) is 29.7 Å². The van der Waals surface area contributed by atoms with Gasteiger partial charge in [-0.05, 0) is 30.0 Å². The smallest absolute Gasteiger partial charge is 0.269 e. The van der Waals surface area contributed by atoms with Gasteiger partial charge in [0.15, 0.2) is 0 Å². The van der Waals surface area contributed by atoms with Crippen LogP contribution in [-0.2, 0) is 6.42 Å². The number of nitrogens with two attached hydrogens (primary N) is 1. The highest BCUT2D eigenvalue weighted by Gasteiger charge is 2.06. The zero-order valence-electron chi connectivity index (χ0n) is 10.7. The summed E-state index contributed by atoms with van der Waals surface area (Å²) in [4.78, 5) is 10.3. The third kappa shape index (κ3) is 3.39. The number of rotatable bonds is 4. The van der Waals surface area contributed by atoms with E-state index in [0.29, 0.717) is 6.42 Å². The molecule has 4 nitrogen and oxygen atoms in total. The van der Waals surface area contributed by atoms with Crippen LogP contribution in [0.25, 0.3) is 0 Å². The molecule has 19 heavy (non-hydrogen) atoms. The van der Waals surface area contributed by atoms with E-state index in [1.54, 1.807) is 12.1 Å². The van der Waals surface area contributed by atoms with Gasteiger partial charge < -0.3 is 5.73 Å². The molecule has 98 valence electrons. The minimum Gasteiger partial charge on any atom is -0.324 e. The molecule has 0 aromatic heterocycles. The standard InChI is InChI=1S/C15H16N2O2/c1-11(16)14-7-5-12(6-8-14)9-13-3-2-4-15(10-13)17(18)19/h2-8,10-11H,9,16H2,1H3/t11-/m1/s1. The lowest BCUT2D eigenvalue weighted by Gasteiger charge is -2.07. The first-order chi connectivity index (χ1) is 9.06. The fourth-order valence-corrected chi connectivity index (χ4v) is 1.95. The summed E-state index contributed by atoms with van der Waals surface area (Å²) in [5, 5.41) is 10.7. The first-order valence-electron chi connectivity index (χ1n) is 6.14. The molecule has 0 spiro atoms. The van der Waals surface area contributed by atoms with Crippen molar-refractivity contribution < 1.29 is 4.92 Å². The van der Waals surface area contributed by atoms with E-state index < -0.39 is 0 Å². The molecular weight excluding hydrogens is 240 g/mol. The van der Waals surface area contributed by atoms with Crippen LogP contribution in [0.4, 0.5) is 5.69 Å². The molecule has 0 saturated heterocycles. The van der Waals surface area contributed by atoms with Gasteiger partial charge in [0.25, 0.3) is 5.69 Å². The predicted octanol–water partition coefficient (Wildman–Crippen LogP) is 3.21. The van der Waals surface area contributed by atoms with Gasteiger partial charge in [0.2, 0.25) is 0 Å². The third-order valence-electron chi connectivity index (χ3n) is 3.04. The fourth-order valence-electron chi connectivity index (χ4n) is 1.95. The average Bonchev–Trinajstić information content (AvgIpc) is 2.39. The molecule has 1 atom stereocenters. The number of nitro benzene ring substituents is 1. The summed E-state index contributed by atoms with van der Waals surface area (Å²) in [6.45, 7) is 1.94. The number of nitrogens with zero attached hydrogens (tertiary/aromatic N) is 1. The largest absolute Gasteiger partial charge is 0.324 e. The Hall–Kier alpha value is -2.20. The quantitative estimate of drug-likeness (QED) is 0.674. The zero-order valence-corrected chi connectivity index (χ0v) is 10.7. The van der Waals surface area contributed by atoms with Crippen molar-refractivity contribution in [2.75, 3.05) is 0 Å². The van der Waals surface area contributed by atoms with Gasteiger partial charge in [0, 0.05) is 18.2 Å². The van der Waals surface area contributed by atoms with E-state index in [1.165, 1.54) is 6.07 Å². The Morgan fingerprint density at radius 2 is 1.84 bits per heavy atom. The maximum Gasteiger partial charge on any atom is 0.269 e. The van der Waals surface area contributed by atoms with Crippen LogP contribution in [0, 0.1) is 10.1 Å². The van der Waals surface area contributed by atoms with E-state index in [-0.39, 0.29) is 16.7 Å². The molecule has 4 heteroatoms. The SMILES string of the molecule is C[C@@H](N)c1ccc(Cc2cccc([N+](=O)[O-])c2)cc1. The van der Waals surface area contributed by atoms with Gasteiger partial charge in [0.05, 0.1) is 4.92 Å². The Kier molecular flexibility index (Phi) is 3.92. The monoisotopic (exact) mass is 256 g/mol. The lowest BCUT2D eigenvalue weighted by atomic mass is 10.0. The molecular formula is C15H16N2O2. The second kappa shape index (κ2) is 5.63. The summed E-state index contributed by atoms with van der Waals surface area (Å²) in [6.07, 6.45) is 0.681. The van der Waals surface area contributed by atoms with Crippen LogP contribution < -0.4 is 5.73 Å². The van der Waals surface area contributed by atoms with Crippen molar-refractivity contribution >= 4 is 5.69 Å². The fraction of sp³-hybridized carbons (Fsp3) is 0.200. The number of hydrogen-bond acceptors (Lipinski definition) is 3. The molecule has 2 rings (SSSR count). The summed E-state index contributed by atoms with van der Waals surface area (Å²) >= 11 is 0. The molecule has 0 radical (unpaired) electrons. The second-order valence-electron chi connectivity index (χ2n) is 4.63. The van der Waals surface area contributed by atoms with Crippen LogP contribution in [0.3, 0.4) is 0 Å². The van der Waals surface area contributed by atoms with Crippen molar-refractivity contribution in [3.05, 3.63) is 75.3 Å². The summed E-state index contributed by atoms with van der Waals surface area (Å²) in [6, 6.07) is 14.8. The predicted molar refractivity (Wildman–Crippen MR) is 74.9 cm³/mol. The van der Waals surface area contributed by atoms with Crippen molar-refractivity contribution in [3.63, 3.8) is 0 Å². The van der Waals surface area contributed by atoms with E-state index in [4.69, 9.17) is 5.73 Å². The summed E-state index contributed by atoms with van der Waals surface area (Å²) in [5.74, 6) is 0. The van der Waals surface area contributed by atoms with Gasteiger partial charge in [0.1, 0.15) is 0 Å². The van der Waals surface area contributed by atoms with E-state index in [2.05, 4.69) is 0 Å². The Balaban J connectivity index is 2.16. The van der Waals surface area contributed by atoms with E-state index in [0.717, 1.165) is 16.7 Å². The molecule has 0 saturated carbocycles. The highest BCUT2D eigenvalue weighted by Crippen LogP contribution is 2.17. The van der Waals surface area contributed by atoms with Crippen LogP contribution >= 0.6 is 0 Å². The van der Waals surface area contributed by atoms with Crippen LogP contribution in [0.5, 0.6) is 0 Å². The Bertz CT molecular complexity index is 577. The minimum absolute atomic E-state index is 0.0202. The number of non-ortho nitro benzene ring substituents is 1. The molecule has 0 fully saturated rings. The van der Waals surface area contributed by atoms with Crippen LogP contribution in [0.15, 0.2) is 48.5 Å². The average molecular weight is 256 g/mol. The summed E-state index contributed by atoms with van der Waals surface area (Å²) < 4.78 is 0. The van der Waals surface area contributed by atoms with E-state index in [9.17, 15) is 10.1 Å². The van der Waals surface area contributed by atoms with Gasteiger partial charge in [-0.25, -0.2) is 0 Å². The van der Waals surface area contributed by atoms with Crippen molar-refractivity contribution in [3.8, 4) is 0 Å². The van der Waals surface area contributed by atoms with Crippen LogP contribution in [-0.4, -0.2) is 4.92 Å². The Morgan fingerprint density at radius 3 is 2.42 bits per heavy atom.